The molecule has 3 aromatic rings. The predicted molar refractivity (Wildman–Crippen MR) is 134 cm³/mol. The quantitative estimate of drug-likeness (QED) is 0.253. The second kappa shape index (κ2) is 12.5. The van der Waals surface area contributed by atoms with E-state index in [2.05, 4.69) is 25.1 Å². The van der Waals surface area contributed by atoms with E-state index < -0.39 is 0 Å². The smallest absolute Gasteiger partial charge is 0.228 e. The molecule has 0 atom stereocenters. The average Bonchev–Trinajstić information content (AvgIpc) is 3.13. The number of benzene rings is 2. The Kier molecular flexibility index (Phi) is 10.4. The monoisotopic (exact) mass is 483 g/mol. The number of hydrogen-bond acceptors (Lipinski definition) is 5. The van der Waals surface area contributed by atoms with E-state index in [-0.39, 0.29) is 18.3 Å². The first-order chi connectivity index (χ1) is 14.0. The number of rotatable bonds is 10. The fourth-order valence-corrected chi connectivity index (χ4v) is 4.91. The second-order valence-corrected chi connectivity index (χ2v) is 9.69. The molecule has 1 aromatic heterocycles. The summed E-state index contributed by atoms with van der Waals surface area (Å²) >= 11 is 9.28. The Morgan fingerprint density at radius 1 is 1.07 bits per heavy atom. The van der Waals surface area contributed by atoms with Gasteiger partial charge in [0.25, 0.3) is 0 Å². The van der Waals surface area contributed by atoms with Crippen molar-refractivity contribution in [3.63, 3.8) is 0 Å². The van der Waals surface area contributed by atoms with E-state index in [1.54, 1.807) is 23.1 Å². The number of thioether (sulfide) groups is 1. The fourth-order valence-electron chi connectivity index (χ4n) is 2.93. The van der Waals surface area contributed by atoms with Crippen LogP contribution in [-0.4, -0.2) is 48.7 Å². The lowest BCUT2D eigenvalue weighted by Gasteiger charge is -2.21. The highest BCUT2D eigenvalue weighted by molar-refractivity contribution is 7.99. The van der Waals surface area contributed by atoms with Crippen LogP contribution in [0.25, 0.3) is 10.2 Å². The summed E-state index contributed by atoms with van der Waals surface area (Å²) in [4.78, 5) is 22.9. The molecule has 2 aromatic carbocycles. The van der Waals surface area contributed by atoms with Crippen molar-refractivity contribution >= 4 is 68.4 Å². The molecular formula is C22H27Cl2N3OS2. The van der Waals surface area contributed by atoms with Crippen molar-refractivity contribution < 1.29 is 4.79 Å². The van der Waals surface area contributed by atoms with Gasteiger partial charge in [-0.25, -0.2) is 4.98 Å². The summed E-state index contributed by atoms with van der Waals surface area (Å²) in [5.41, 5.74) is 0.955. The topological polar surface area (TPSA) is 36.4 Å². The molecule has 0 saturated carbocycles. The lowest BCUT2D eigenvalue weighted by Crippen LogP contribution is -2.33. The Bertz CT molecular complexity index is 899. The summed E-state index contributed by atoms with van der Waals surface area (Å²) in [5, 5.41) is 1.55. The minimum absolute atomic E-state index is 0. The van der Waals surface area contributed by atoms with Gasteiger partial charge in [-0.3, -0.25) is 9.69 Å². The van der Waals surface area contributed by atoms with Crippen LogP contribution in [0.3, 0.4) is 0 Å². The third-order valence-corrected chi connectivity index (χ3v) is 6.83. The lowest BCUT2D eigenvalue weighted by molar-refractivity contribution is -0.118. The molecule has 3 rings (SSSR count). The molecule has 0 radical (unpaired) electrons. The van der Waals surface area contributed by atoms with Crippen molar-refractivity contribution in [1.82, 2.24) is 9.88 Å². The standard InChI is InChI=1S/C22H26ClN3OS2.ClH/c1-25(2)14-6-15-26(22-24-19-7-3-4-8-20(19)29-22)21(27)9-5-16-28-18-12-10-17(23)11-13-18;/h3-4,7-8,10-13H,5-6,9,14-16H2,1-2H3;1H. The van der Waals surface area contributed by atoms with Crippen molar-refractivity contribution in [3.05, 3.63) is 53.6 Å². The van der Waals surface area contributed by atoms with Gasteiger partial charge in [-0.1, -0.05) is 35.1 Å². The molecule has 1 heterocycles. The van der Waals surface area contributed by atoms with Crippen molar-refractivity contribution in [2.75, 3.05) is 37.8 Å². The van der Waals surface area contributed by atoms with Gasteiger partial charge in [0.05, 0.1) is 10.2 Å². The Balaban J connectivity index is 0.00000320. The SMILES string of the molecule is CN(C)CCCN(C(=O)CCCSc1ccc(Cl)cc1)c1nc2ccccc2s1.Cl. The zero-order valence-electron chi connectivity index (χ0n) is 17.2. The zero-order chi connectivity index (χ0) is 20.6. The van der Waals surface area contributed by atoms with Crippen molar-refractivity contribution in [2.45, 2.75) is 24.2 Å². The summed E-state index contributed by atoms with van der Waals surface area (Å²) in [6.45, 7) is 1.64. The molecule has 0 fully saturated rings. The van der Waals surface area contributed by atoms with Crippen LogP contribution in [0.4, 0.5) is 5.13 Å². The molecule has 0 unspecified atom stereocenters. The van der Waals surface area contributed by atoms with Crippen molar-refractivity contribution in [1.29, 1.82) is 0 Å². The Labute approximate surface area is 198 Å². The van der Waals surface area contributed by atoms with Gasteiger partial charge in [0.15, 0.2) is 5.13 Å². The summed E-state index contributed by atoms with van der Waals surface area (Å²) in [7, 11) is 4.11. The van der Waals surface area contributed by atoms with Crippen LogP contribution in [0.1, 0.15) is 19.3 Å². The number of para-hydroxylation sites is 1. The zero-order valence-corrected chi connectivity index (χ0v) is 20.4. The minimum atomic E-state index is 0. The van der Waals surface area contributed by atoms with Gasteiger partial charge >= 0.3 is 0 Å². The number of nitrogens with zero attached hydrogens (tertiary/aromatic N) is 3. The average molecular weight is 485 g/mol. The first kappa shape index (κ1) is 25.0. The van der Waals surface area contributed by atoms with Crippen LogP contribution in [-0.2, 0) is 4.79 Å². The molecule has 0 aliphatic carbocycles. The number of anilines is 1. The maximum Gasteiger partial charge on any atom is 0.228 e. The molecule has 30 heavy (non-hydrogen) atoms. The molecule has 0 aliphatic heterocycles. The highest BCUT2D eigenvalue weighted by Gasteiger charge is 2.19. The van der Waals surface area contributed by atoms with E-state index in [1.165, 1.54) is 4.90 Å². The van der Waals surface area contributed by atoms with Crippen LogP contribution in [0.5, 0.6) is 0 Å². The van der Waals surface area contributed by atoms with Crippen LogP contribution in [0.15, 0.2) is 53.4 Å². The number of carbonyl (C=O) groups excluding carboxylic acids is 1. The maximum atomic E-state index is 13.0. The number of amides is 1. The van der Waals surface area contributed by atoms with Crippen LogP contribution < -0.4 is 4.90 Å². The van der Waals surface area contributed by atoms with Crippen LogP contribution in [0.2, 0.25) is 5.02 Å². The Hall–Kier alpha value is -1.31. The summed E-state index contributed by atoms with van der Waals surface area (Å²) < 4.78 is 1.12. The number of thiazole rings is 1. The van der Waals surface area contributed by atoms with Gasteiger partial charge in [0, 0.05) is 22.9 Å². The second-order valence-electron chi connectivity index (χ2n) is 7.07. The lowest BCUT2D eigenvalue weighted by atomic mass is 10.3. The van der Waals surface area contributed by atoms with Crippen molar-refractivity contribution in [3.8, 4) is 0 Å². The third kappa shape index (κ3) is 7.43. The summed E-state index contributed by atoms with van der Waals surface area (Å²) in [6, 6.07) is 15.9. The van der Waals surface area contributed by atoms with E-state index in [4.69, 9.17) is 16.6 Å². The number of fused-ring (bicyclic) bond motifs is 1. The first-order valence-electron chi connectivity index (χ1n) is 9.72. The van der Waals surface area contributed by atoms with Gasteiger partial charge in [-0.15, -0.1) is 24.2 Å². The fraction of sp³-hybridized carbons (Fsp3) is 0.364. The van der Waals surface area contributed by atoms with E-state index >= 15 is 0 Å². The predicted octanol–water partition coefficient (Wildman–Crippen LogP) is 6.23. The van der Waals surface area contributed by atoms with E-state index in [9.17, 15) is 4.79 Å². The van der Waals surface area contributed by atoms with E-state index in [0.717, 1.165) is 45.5 Å². The number of halogens is 2. The molecule has 162 valence electrons. The van der Waals surface area contributed by atoms with Gasteiger partial charge in [-0.05, 0) is 75.6 Å². The number of aromatic nitrogens is 1. The summed E-state index contributed by atoms with van der Waals surface area (Å²) in [6.07, 6.45) is 2.29. The van der Waals surface area contributed by atoms with Crippen LogP contribution >= 0.6 is 47.1 Å². The van der Waals surface area contributed by atoms with Gasteiger partial charge in [0.1, 0.15) is 0 Å². The van der Waals surface area contributed by atoms with Crippen LogP contribution in [0, 0.1) is 0 Å². The largest absolute Gasteiger partial charge is 0.309 e. The number of carbonyl (C=O) groups is 1. The Morgan fingerprint density at radius 2 is 1.80 bits per heavy atom. The highest BCUT2D eigenvalue weighted by Crippen LogP contribution is 2.29. The van der Waals surface area contributed by atoms with Gasteiger partial charge in [-0.2, -0.15) is 0 Å². The van der Waals surface area contributed by atoms with E-state index in [1.807, 2.05) is 47.4 Å². The van der Waals surface area contributed by atoms with Gasteiger partial charge < -0.3 is 4.90 Å². The molecule has 0 bridgehead atoms. The molecule has 0 aliphatic rings. The first-order valence-corrected chi connectivity index (χ1v) is 11.9. The normalized spacial score (nSPS) is 10.9. The Morgan fingerprint density at radius 3 is 2.50 bits per heavy atom. The molecule has 8 heteroatoms. The third-order valence-electron chi connectivity index (χ3n) is 4.42. The molecule has 0 N–H and O–H groups in total. The summed E-state index contributed by atoms with van der Waals surface area (Å²) in [5.74, 6) is 1.05. The highest BCUT2D eigenvalue weighted by atomic mass is 35.5. The molecular weight excluding hydrogens is 457 g/mol. The van der Waals surface area contributed by atoms with Gasteiger partial charge in [0.2, 0.25) is 5.91 Å². The number of hydrogen-bond donors (Lipinski definition) is 0. The molecule has 4 nitrogen and oxygen atoms in total. The molecule has 0 saturated heterocycles. The minimum Gasteiger partial charge on any atom is -0.309 e. The molecule has 0 spiro atoms. The molecule has 1 amide bonds. The van der Waals surface area contributed by atoms with E-state index in [0.29, 0.717) is 13.0 Å². The maximum absolute atomic E-state index is 13.0. The van der Waals surface area contributed by atoms with Crippen molar-refractivity contribution in [2.24, 2.45) is 0 Å².